The normalized spacial score (nSPS) is 4.50. The summed E-state index contributed by atoms with van der Waals surface area (Å²) in [5, 5.41) is 0. The minimum absolute atomic E-state index is 0. The smallest absolute Gasteiger partial charge is 0.0140 e. The number of hydrogen-bond donors (Lipinski definition) is 0. The highest BCUT2D eigenvalue weighted by atomic mass is 19.0. The van der Waals surface area contributed by atoms with Crippen molar-refractivity contribution in [3.8, 4) is 0 Å². The molecule has 1 nitrogen and oxygen atoms in total. The molecule has 0 N–H and O–H groups in total. The molecule has 0 aliphatic carbocycles. The van der Waals surface area contributed by atoms with Gasteiger partial charge >= 0.3 is 0 Å². The molecule has 0 amide bonds. The predicted molar refractivity (Wildman–Crippen MR) is 29.6 cm³/mol. The molecule has 0 aromatic rings. The van der Waals surface area contributed by atoms with Crippen molar-refractivity contribution in [1.29, 1.82) is 0 Å². The summed E-state index contributed by atoms with van der Waals surface area (Å²) in [4.78, 5) is 2.00. The average molecular weight is 139 g/mol. The van der Waals surface area contributed by atoms with E-state index in [0.717, 1.165) is 0 Å². The first kappa shape index (κ1) is 47.7. The fourth-order valence-electron chi connectivity index (χ4n) is 0. The van der Waals surface area contributed by atoms with Crippen LogP contribution in [0.4, 0.5) is 18.8 Å². The molecule has 0 fully saturated rings. The van der Waals surface area contributed by atoms with E-state index in [1.165, 1.54) is 0 Å². The van der Waals surface area contributed by atoms with E-state index in [-0.39, 0.29) is 18.8 Å². The van der Waals surface area contributed by atoms with Gasteiger partial charge in [0.2, 0.25) is 0 Å². The van der Waals surface area contributed by atoms with Gasteiger partial charge in [-0.15, -0.1) is 0 Å². The molecule has 0 rings (SSSR count). The fourth-order valence-corrected chi connectivity index (χ4v) is 0. The Morgan fingerprint density at radius 1 is 0.625 bits per heavy atom. The van der Waals surface area contributed by atoms with E-state index in [1.54, 1.807) is 0 Å². The summed E-state index contributed by atoms with van der Waals surface area (Å²) in [6.07, 6.45) is 0. The molecule has 0 radical (unpaired) electrons. The van der Waals surface area contributed by atoms with Crippen LogP contribution >= 0.6 is 0 Å². The Kier molecular flexibility index (Phi) is 179. The van der Waals surface area contributed by atoms with Crippen molar-refractivity contribution >= 4 is 0 Å². The lowest BCUT2D eigenvalue weighted by Crippen LogP contribution is -1.99. The van der Waals surface area contributed by atoms with Crippen LogP contribution < -0.4 is 0 Å². The van der Waals surface area contributed by atoms with Crippen LogP contribution in [0.1, 0.15) is 0 Å². The van der Waals surface area contributed by atoms with E-state index >= 15 is 0 Å². The minimum Gasteiger partial charge on any atom is -0.312 e. The first-order chi connectivity index (χ1) is 1.73. The van der Waals surface area contributed by atoms with Crippen molar-refractivity contribution in [2.24, 2.45) is 0 Å². The lowest BCUT2D eigenvalue weighted by molar-refractivity contribution is 0.505. The van der Waals surface area contributed by atoms with Crippen LogP contribution in [0.15, 0.2) is 0 Å². The van der Waals surface area contributed by atoms with E-state index in [0.29, 0.717) is 0 Å². The maximum Gasteiger partial charge on any atom is -0.0140 e. The molecule has 0 aromatic heterocycles. The number of hydrogen-bond acceptors (Lipinski definition) is 1. The van der Waals surface area contributed by atoms with Gasteiger partial charge in [0, 0.05) is 0 Å². The van der Waals surface area contributed by atoms with Gasteiger partial charge < -0.3 is 4.90 Å². The quantitative estimate of drug-likeness (QED) is 0.448. The van der Waals surface area contributed by atoms with Crippen LogP contribution in [0.5, 0.6) is 0 Å². The Hall–Kier alpha value is -0.320. The van der Waals surface area contributed by atoms with Crippen molar-refractivity contribution in [2.45, 2.75) is 0 Å². The van der Waals surface area contributed by atoms with Gasteiger partial charge in [-0.2, -0.15) is 0 Å². The zero-order valence-electron chi connectivity index (χ0n) is 5.08. The molecule has 0 spiro atoms. The highest BCUT2D eigenvalue weighted by Gasteiger charge is 1.58. The SMILES string of the molecule is CN(C)C.F.F.F.F. The summed E-state index contributed by atoms with van der Waals surface area (Å²) in [6, 6.07) is 0. The third kappa shape index (κ3) is 1210. The number of halogens is 4. The number of nitrogens with zero attached hydrogens (tertiary/aromatic N) is 1. The first-order valence-electron chi connectivity index (χ1n) is 1.34. The fraction of sp³-hybridized carbons (Fsp3) is 1.00. The molecule has 0 heterocycles. The summed E-state index contributed by atoms with van der Waals surface area (Å²) < 4.78 is 0. The summed E-state index contributed by atoms with van der Waals surface area (Å²) in [5.74, 6) is 0. The monoisotopic (exact) mass is 139 g/mol. The molecule has 0 aliphatic heterocycles. The van der Waals surface area contributed by atoms with Gasteiger partial charge in [0.15, 0.2) is 0 Å². The van der Waals surface area contributed by atoms with Crippen LogP contribution in [0.25, 0.3) is 0 Å². The summed E-state index contributed by atoms with van der Waals surface area (Å²) in [6.45, 7) is 0. The van der Waals surface area contributed by atoms with Gasteiger partial charge in [-0.1, -0.05) is 0 Å². The largest absolute Gasteiger partial charge is 0.312 e. The van der Waals surface area contributed by atoms with Crippen LogP contribution in [0, 0.1) is 0 Å². The average Bonchev–Trinajstić information content (AvgIpc) is 0.811. The van der Waals surface area contributed by atoms with Crippen LogP contribution in [0.2, 0.25) is 0 Å². The van der Waals surface area contributed by atoms with Crippen LogP contribution in [0.3, 0.4) is 0 Å². The topological polar surface area (TPSA) is 3.24 Å². The van der Waals surface area contributed by atoms with E-state index in [2.05, 4.69) is 0 Å². The minimum atomic E-state index is 0. The van der Waals surface area contributed by atoms with Crippen molar-refractivity contribution in [2.75, 3.05) is 21.1 Å². The standard InChI is InChI=1S/C3H9N.4FH/c1-4(2)3;;;;/h1-3H3;4*1H. The second kappa shape index (κ2) is 30.0. The second-order valence-corrected chi connectivity index (χ2v) is 1.34. The van der Waals surface area contributed by atoms with E-state index < -0.39 is 0 Å². The third-order valence-corrected chi connectivity index (χ3v) is 0. The Bertz CT molecular complexity index is 16.0. The zero-order valence-corrected chi connectivity index (χ0v) is 5.08. The van der Waals surface area contributed by atoms with E-state index in [9.17, 15) is 0 Å². The van der Waals surface area contributed by atoms with Crippen LogP contribution in [-0.4, -0.2) is 26.0 Å². The molecule has 0 aliphatic rings. The molecular weight excluding hydrogens is 126 g/mol. The Morgan fingerprint density at radius 3 is 0.625 bits per heavy atom. The van der Waals surface area contributed by atoms with Crippen molar-refractivity contribution in [3.63, 3.8) is 0 Å². The van der Waals surface area contributed by atoms with Crippen LogP contribution in [-0.2, 0) is 0 Å². The number of rotatable bonds is 0. The first-order valence-corrected chi connectivity index (χ1v) is 1.34. The lowest BCUT2D eigenvalue weighted by atomic mass is 11.0. The van der Waals surface area contributed by atoms with Gasteiger partial charge in [-0.25, -0.2) is 0 Å². The molecule has 0 saturated carbocycles. The Balaban J connectivity index is -0.00000000750. The van der Waals surface area contributed by atoms with Crippen molar-refractivity contribution in [1.82, 2.24) is 4.90 Å². The van der Waals surface area contributed by atoms with Gasteiger partial charge in [0.05, 0.1) is 0 Å². The van der Waals surface area contributed by atoms with Crippen molar-refractivity contribution < 1.29 is 18.8 Å². The maximum absolute atomic E-state index is 2.00. The molecule has 0 bridgehead atoms. The molecular formula is C3H13F4N. The predicted octanol–water partition coefficient (Wildman–Crippen LogP) is 0.788. The molecule has 8 heavy (non-hydrogen) atoms. The highest BCUT2D eigenvalue weighted by molar-refractivity contribution is 4.09. The molecule has 58 valence electrons. The Labute approximate surface area is 46.1 Å². The molecule has 0 aromatic carbocycles. The molecule has 0 atom stereocenters. The van der Waals surface area contributed by atoms with E-state index in [1.807, 2.05) is 26.0 Å². The molecule has 0 unspecified atom stereocenters. The van der Waals surface area contributed by atoms with E-state index in [4.69, 9.17) is 0 Å². The van der Waals surface area contributed by atoms with Gasteiger partial charge in [0.25, 0.3) is 0 Å². The third-order valence-electron chi connectivity index (χ3n) is 0. The van der Waals surface area contributed by atoms with Crippen molar-refractivity contribution in [3.05, 3.63) is 0 Å². The summed E-state index contributed by atoms with van der Waals surface area (Å²) >= 11 is 0. The lowest BCUT2D eigenvalue weighted by Gasteiger charge is -1.90. The Morgan fingerprint density at radius 2 is 0.625 bits per heavy atom. The zero-order chi connectivity index (χ0) is 3.58. The highest BCUT2D eigenvalue weighted by Crippen LogP contribution is 1.47. The second-order valence-electron chi connectivity index (χ2n) is 1.34. The molecule has 0 saturated heterocycles. The van der Waals surface area contributed by atoms with Gasteiger partial charge in [-0.05, 0) is 21.1 Å². The molecule has 5 heteroatoms. The summed E-state index contributed by atoms with van der Waals surface area (Å²) in [5.41, 5.74) is 0. The van der Waals surface area contributed by atoms with Gasteiger partial charge in [0.1, 0.15) is 0 Å². The van der Waals surface area contributed by atoms with Gasteiger partial charge in [-0.3, -0.25) is 18.8 Å². The summed E-state index contributed by atoms with van der Waals surface area (Å²) in [7, 11) is 6.00. The maximum atomic E-state index is 2.00.